The quantitative estimate of drug-likeness (QED) is 0.755. The first-order valence-corrected chi connectivity index (χ1v) is 6.36. The van der Waals surface area contributed by atoms with Gasteiger partial charge in [0.25, 0.3) is 0 Å². The molecule has 3 unspecified atom stereocenters. The first-order chi connectivity index (χ1) is 7.31. The van der Waals surface area contributed by atoms with E-state index in [2.05, 4.69) is 24.1 Å². The first kappa shape index (κ1) is 11.4. The molecule has 2 rings (SSSR count). The predicted molar refractivity (Wildman–Crippen MR) is 62.0 cm³/mol. The summed E-state index contributed by atoms with van der Waals surface area (Å²) in [6.07, 6.45) is 2.77. The first-order valence-electron chi connectivity index (χ1n) is 6.36. The molecule has 0 bridgehead atoms. The lowest BCUT2D eigenvalue weighted by atomic mass is 9.94. The van der Waals surface area contributed by atoms with Crippen molar-refractivity contribution in [3.05, 3.63) is 0 Å². The van der Waals surface area contributed by atoms with Gasteiger partial charge in [-0.3, -0.25) is 4.90 Å². The standard InChI is InChI=1S/C12H24N2O/c1-3-15-9-10(2)14-7-11-5-4-6-13-12(11)8-14/h10-13H,3-9H2,1-2H3. The third kappa shape index (κ3) is 2.71. The molecule has 0 aromatic rings. The highest BCUT2D eigenvalue weighted by molar-refractivity contribution is 4.93. The van der Waals surface area contributed by atoms with Crippen LogP contribution in [0.5, 0.6) is 0 Å². The number of hydrogen-bond donors (Lipinski definition) is 1. The predicted octanol–water partition coefficient (Wildman–Crippen LogP) is 1.10. The molecule has 0 spiro atoms. The van der Waals surface area contributed by atoms with Crippen molar-refractivity contribution in [2.45, 2.75) is 38.8 Å². The Hall–Kier alpha value is -0.120. The van der Waals surface area contributed by atoms with Crippen LogP contribution in [0.15, 0.2) is 0 Å². The fourth-order valence-corrected chi connectivity index (χ4v) is 2.83. The number of ether oxygens (including phenoxy) is 1. The van der Waals surface area contributed by atoms with E-state index in [0.29, 0.717) is 6.04 Å². The number of rotatable bonds is 4. The summed E-state index contributed by atoms with van der Waals surface area (Å²) in [6.45, 7) is 9.78. The number of fused-ring (bicyclic) bond motifs is 1. The monoisotopic (exact) mass is 212 g/mol. The van der Waals surface area contributed by atoms with E-state index in [1.54, 1.807) is 0 Å². The van der Waals surface area contributed by atoms with Gasteiger partial charge >= 0.3 is 0 Å². The van der Waals surface area contributed by atoms with Gasteiger partial charge in [-0.15, -0.1) is 0 Å². The molecule has 0 saturated carbocycles. The third-order valence-electron chi connectivity index (χ3n) is 3.81. The lowest BCUT2D eigenvalue weighted by molar-refractivity contribution is 0.0824. The second kappa shape index (κ2) is 5.28. The van der Waals surface area contributed by atoms with Crippen LogP contribution in [-0.4, -0.2) is 49.8 Å². The maximum Gasteiger partial charge on any atom is 0.0619 e. The van der Waals surface area contributed by atoms with Crippen LogP contribution in [0.1, 0.15) is 26.7 Å². The maximum absolute atomic E-state index is 5.50. The van der Waals surface area contributed by atoms with Gasteiger partial charge in [0, 0.05) is 31.8 Å². The summed E-state index contributed by atoms with van der Waals surface area (Å²) in [5.74, 6) is 0.892. The fourth-order valence-electron chi connectivity index (χ4n) is 2.83. The minimum Gasteiger partial charge on any atom is -0.380 e. The van der Waals surface area contributed by atoms with E-state index >= 15 is 0 Å². The Morgan fingerprint density at radius 1 is 1.47 bits per heavy atom. The Morgan fingerprint density at radius 3 is 3.07 bits per heavy atom. The summed E-state index contributed by atoms with van der Waals surface area (Å²) in [6, 6.07) is 1.33. The number of hydrogen-bond acceptors (Lipinski definition) is 3. The van der Waals surface area contributed by atoms with E-state index in [1.807, 2.05) is 0 Å². The third-order valence-corrected chi connectivity index (χ3v) is 3.81. The number of likely N-dealkylation sites (tertiary alicyclic amines) is 1. The van der Waals surface area contributed by atoms with Crippen LogP contribution < -0.4 is 5.32 Å². The van der Waals surface area contributed by atoms with Gasteiger partial charge in [0.2, 0.25) is 0 Å². The molecule has 88 valence electrons. The SMILES string of the molecule is CCOCC(C)N1CC2CCCNC2C1. The summed E-state index contributed by atoms with van der Waals surface area (Å²) in [7, 11) is 0. The summed E-state index contributed by atoms with van der Waals surface area (Å²) in [4.78, 5) is 2.59. The van der Waals surface area contributed by atoms with Gasteiger partial charge in [-0.05, 0) is 39.2 Å². The van der Waals surface area contributed by atoms with Crippen molar-refractivity contribution in [3.8, 4) is 0 Å². The molecule has 2 saturated heterocycles. The van der Waals surface area contributed by atoms with Gasteiger partial charge in [0.15, 0.2) is 0 Å². The van der Waals surface area contributed by atoms with Gasteiger partial charge in [0.05, 0.1) is 6.61 Å². The molecule has 2 aliphatic rings. The highest BCUT2D eigenvalue weighted by atomic mass is 16.5. The van der Waals surface area contributed by atoms with Gasteiger partial charge in [-0.25, -0.2) is 0 Å². The van der Waals surface area contributed by atoms with Crippen molar-refractivity contribution >= 4 is 0 Å². The van der Waals surface area contributed by atoms with Crippen molar-refractivity contribution in [2.75, 3.05) is 32.8 Å². The Kier molecular flexibility index (Phi) is 4.00. The lowest BCUT2D eigenvalue weighted by Gasteiger charge is -2.25. The second-order valence-electron chi connectivity index (χ2n) is 4.93. The van der Waals surface area contributed by atoms with Crippen molar-refractivity contribution in [2.24, 2.45) is 5.92 Å². The van der Waals surface area contributed by atoms with Crippen LogP contribution in [0.25, 0.3) is 0 Å². The van der Waals surface area contributed by atoms with E-state index in [4.69, 9.17) is 4.74 Å². The molecule has 3 atom stereocenters. The van der Waals surface area contributed by atoms with Crippen LogP contribution in [-0.2, 0) is 4.74 Å². The highest BCUT2D eigenvalue weighted by Crippen LogP contribution is 2.26. The summed E-state index contributed by atoms with van der Waals surface area (Å²) in [5, 5.41) is 3.64. The summed E-state index contributed by atoms with van der Waals surface area (Å²) in [5.41, 5.74) is 0. The highest BCUT2D eigenvalue weighted by Gasteiger charge is 2.35. The summed E-state index contributed by atoms with van der Waals surface area (Å²) >= 11 is 0. The molecule has 15 heavy (non-hydrogen) atoms. The smallest absolute Gasteiger partial charge is 0.0619 e. The van der Waals surface area contributed by atoms with Crippen molar-refractivity contribution in [1.82, 2.24) is 10.2 Å². The molecule has 0 aromatic carbocycles. The molecule has 3 heteroatoms. The van der Waals surface area contributed by atoms with Gasteiger partial charge in [-0.2, -0.15) is 0 Å². The number of nitrogens with one attached hydrogen (secondary N) is 1. The zero-order chi connectivity index (χ0) is 10.7. The molecular weight excluding hydrogens is 188 g/mol. The molecule has 2 fully saturated rings. The molecule has 0 aliphatic carbocycles. The zero-order valence-electron chi connectivity index (χ0n) is 10.0. The average molecular weight is 212 g/mol. The van der Waals surface area contributed by atoms with Gasteiger partial charge < -0.3 is 10.1 Å². The van der Waals surface area contributed by atoms with E-state index < -0.39 is 0 Å². The Balaban J connectivity index is 1.80. The van der Waals surface area contributed by atoms with Crippen LogP contribution in [0.4, 0.5) is 0 Å². The summed E-state index contributed by atoms with van der Waals surface area (Å²) < 4.78 is 5.50. The Bertz CT molecular complexity index is 184. The Morgan fingerprint density at radius 2 is 2.33 bits per heavy atom. The molecule has 0 amide bonds. The zero-order valence-corrected chi connectivity index (χ0v) is 10.0. The maximum atomic E-state index is 5.50. The minimum absolute atomic E-state index is 0.581. The van der Waals surface area contributed by atoms with E-state index in [1.165, 1.54) is 32.5 Å². The van der Waals surface area contributed by atoms with Crippen LogP contribution in [0.2, 0.25) is 0 Å². The van der Waals surface area contributed by atoms with E-state index in [-0.39, 0.29) is 0 Å². The van der Waals surface area contributed by atoms with Crippen molar-refractivity contribution in [3.63, 3.8) is 0 Å². The lowest BCUT2D eigenvalue weighted by Crippen LogP contribution is -2.41. The average Bonchev–Trinajstić information content (AvgIpc) is 2.69. The molecule has 0 aromatic heterocycles. The minimum atomic E-state index is 0.581. The van der Waals surface area contributed by atoms with Crippen molar-refractivity contribution < 1.29 is 4.74 Å². The van der Waals surface area contributed by atoms with Gasteiger partial charge in [0.1, 0.15) is 0 Å². The molecule has 3 nitrogen and oxygen atoms in total. The molecule has 0 radical (unpaired) electrons. The molecule has 2 aliphatic heterocycles. The Labute approximate surface area is 93.2 Å². The fraction of sp³-hybridized carbons (Fsp3) is 1.00. The van der Waals surface area contributed by atoms with Gasteiger partial charge in [-0.1, -0.05) is 0 Å². The van der Waals surface area contributed by atoms with Crippen LogP contribution in [0, 0.1) is 5.92 Å². The van der Waals surface area contributed by atoms with E-state index in [0.717, 1.165) is 25.2 Å². The second-order valence-corrected chi connectivity index (χ2v) is 4.93. The number of nitrogens with zero attached hydrogens (tertiary/aromatic N) is 1. The molecular formula is C12H24N2O. The molecule has 1 N–H and O–H groups in total. The number of piperidine rings is 1. The van der Waals surface area contributed by atoms with Crippen LogP contribution in [0.3, 0.4) is 0 Å². The topological polar surface area (TPSA) is 24.5 Å². The van der Waals surface area contributed by atoms with Crippen molar-refractivity contribution in [1.29, 1.82) is 0 Å². The normalized spacial score (nSPS) is 34.0. The largest absolute Gasteiger partial charge is 0.380 e. The van der Waals surface area contributed by atoms with E-state index in [9.17, 15) is 0 Å². The molecule has 2 heterocycles. The van der Waals surface area contributed by atoms with Crippen LogP contribution >= 0.6 is 0 Å².